The summed E-state index contributed by atoms with van der Waals surface area (Å²) in [7, 11) is 0. The maximum absolute atomic E-state index is 8.47. The first-order valence-corrected chi connectivity index (χ1v) is 2.80. The Labute approximate surface area is 54.6 Å². The summed E-state index contributed by atoms with van der Waals surface area (Å²) in [5, 5.41) is 8.47. The van der Waals surface area contributed by atoms with Crippen LogP contribution in [0.1, 0.15) is 11.1 Å². The van der Waals surface area contributed by atoms with Crippen LogP contribution in [0.15, 0.2) is 24.3 Å². The first kappa shape index (κ1) is 5.84. The maximum atomic E-state index is 8.47. The van der Waals surface area contributed by atoms with Crippen LogP contribution in [0.4, 0.5) is 0 Å². The zero-order chi connectivity index (χ0) is 6.69. The van der Waals surface area contributed by atoms with Gasteiger partial charge in [0.2, 0.25) is 0 Å². The number of rotatable bonds is 0. The lowest BCUT2D eigenvalue weighted by Gasteiger charge is -1.90. The van der Waals surface area contributed by atoms with Gasteiger partial charge in [-0.15, -0.1) is 0 Å². The first-order chi connectivity index (χ1) is 4.34. The van der Waals surface area contributed by atoms with Gasteiger partial charge in [-0.3, -0.25) is 0 Å². The van der Waals surface area contributed by atoms with Gasteiger partial charge in [0.05, 0.1) is 11.6 Å². The molecular formula is C8H7N. The molecule has 0 aliphatic carbocycles. The van der Waals surface area contributed by atoms with Crippen molar-refractivity contribution in [3.05, 3.63) is 35.4 Å². The van der Waals surface area contributed by atoms with Crippen molar-refractivity contribution in [3.63, 3.8) is 0 Å². The summed E-state index contributed by atoms with van der Waals surface area (Å²) >= 11 is 0. The average molecular weight is 116 g/mol. The zero-order valence-corrected chi connectivity index (χ0v) is 5.26. The van der Waals surface area contributed by atoms with Gasteiger partial charge in [0.25, 0.3) is 0 Å². The lowest BCUT2D eigenvalue weighted by molar-refractivity contribution is 1.39. The second-order valence-electron chi connectivity index (χ2n) is 1.93. The van der Waals surface area contributed by atoms with Gasteiger partial charge < -0.3 is 0 Å². The first-order valence-electron chi connectivity index (χ1n) is 2.80. The molecule has 0 N–H and O–H groups in total. The van der Waals surface area contributed by atoms with Crippen molar-refractivity contribution in [1.29, 1.82) is 5.26 Å². The van der Waals surface area contributed by atoms with Crippen LogP contribution in [0.25, 0.3) is 0 Å². The van der Waals surface area contributed by atoms with E-state index in [-0.39, 0.29) is 0 Å². The molecule has 0 unspecified atom stereocenters. The topological polar surface area (TPSA) is 23.8 Å². The minimum Gasteiger partial charge on any atom is -0.192 e. The van der Waals surface area contributed by atoms with Gasteiger partial charge in [-0.05, 0) is 18.6 Å². The van der Waals surface area contributed by atoms with Gasteiger partial charge in [0, 0.05) is 0 Å². The van der Waals surface area contributed by atoms with E-state index in [9.17, 15) is 0 Å². The van der Waals surface area contributed by atoms with E-state index in [2.05, 4.69) is 6.07 Å². The van der Waals surface area contributed by atoms with Gasteiger partial charge in [-0.25, -0.2) is 0 Å². The Morgan fingerprint density at radius 1 is 1.33 bits per heavy atom. The minimum absolute atomic E-state index is 0.762. The molecule has 1 nitrogen and oxygen atoms in total. The van der Waals surface area contributed by atoms with E-state index in [1.807, 2.05) is 31.2 Å². The van der Waals surface area contributed by atoms with Crippen molar-refractivity contribution < 1.29 is 0 Å². The highest BCUT2D eigenvalue weighted by Gasteiger charge is 1.89. The quantitative estimate of drug-likeness (QED) is 0.507. The number of aryl methyl sites for hydroxylation is 1. The Bertz CT molecular complexity index is 245. The summed E-state index contributed by atoms with van der Waals surface area (Å²) < 4.78 is 0. The molecule has 0 aliphatic heterocycles. The number of hydrogen-bond donors (Lipinski definition) is 0. The van der Waals surface area contributed by atoms with Crippen LogP contribution < -0.4 is 0 Å². The molecule has 0 spiro atoms. The Morgan fingerprint density at radius 3 is 2.44 bits per heavy atom. The third-order valence-corrected chi connectivity index (χ3v) is 1.27. The summed E-state index contributed by atoms with van der Waals surface area (Å²) in [6.07, 6.45) is 0. The Kier molecular flexibility index (Phi) is 1.51. The normalized spacial score (nSPS) is 8.44. The highest BCUT2D eigenvalue weighted by atomic mass is 14.2. The maximum Gasteiger partial charge on any atom is 0.0994 e. The highest BCUT2D eigenvalue weighted by Crippen LogP contribution is 2.03. The van der Waals surface area contributed by atoms with E-state index in [0.29, 0.717) is 0 Å². The van der Waals surface area contributed by atoms with Gasteiger partial charge in [0.15, 0.2) is 0 Å². The molecular weight excluding hydrogens is 109 g/mol. The summed E-state index contributed by atoms with van der Waals surface area (Å²) in [6.45, 7) is 1.93. The lowest BCUT2D eigenvalue weighted by Crippen LogP contribution is -1.77. The van der Waals surface area contributed by atoms with Crippen LogP contribution in [0, 0.1) is 18.3 Å². The standard InChI is InChI=1S/C8H7N/c1-7-4-2-3-5-8(7)6-9/h2-5H,1H3/i6-1. The molecule has 0 bridgehead atoms. The molecule has 1 aromatic carbocycles. The Hall–Kier alpha value is -1.29. The van der Waals surface area contributed by atoms with Crippen LogP contribution in [0.2, 0.25) is 0 Å². The van der Waals surface area contributed by atoms with Crippen molar-refractivity contribution in [2.75, 3.05) is 0 Å². The molecule has 9 heavy (non-hydrogen) atoms. The van der Waals surface area contributed by atoms with Crippen molar-refractivity contribution in [1.82, 2.24) is 0 Å². The Balaban J connectivity index is 3.20. The molecule has 0 amide bonds. The summed E-state index contributed by atoms with van der Waals surface area (Å²) in [4.78, 5) is 0. The number of nitriles is 1. The van der Waals surface area contributed by atoms with Crippen LogP contribution in [-0.4, -0.2) is 0 Å². The SMILES string of the molecule is Cc1ccccc1[11C]#N. The van der Waals surface area contributed by atoms with Crippen LogP contribution in [0.3, 0.4) is 0 Å². The third-order valence-electron chi connectivity index (χ3n) is 1.27. The highest BCUT2D eigenvalue weighted by molar-refractivity contribution is 5.35. The second kappa shape index (κ2) is 2.32. The van der Waals surface area contributed by atoms with Crippen molar-refractivity contribution in [2.45, 2.75) is 6.92 Å². The average Bonchev–Trinajstić information content (AvgIpc) is 1.89. The molecule has 0 saturated carbocycles. The predicted octanol–water partition coefficient (Wildman–Crippen LogP) is 1.87. The van der Waals surface area contributed by atoms with Gasteiger partial charge in [0.1, 0.15) is 0 Å². The number of nitrogens with zero attached hydrogens (tertiary/aromatic N) is 1. The molecule has 0 aliphatic rings. The van der Waals surface area contributed by atoms with Crippen molar-refractivity contribution >= 4 is 0 Å². The predicted molar refractivity (Wildman–Crippen MR) is 35.9 cm³/mol. The summed E-state index contributed by atoms with van der Waals surface area (Å²) in [6, 6.07) is 9.63. The molecule has 0 radical (unpaired) electrons. The van der Waals surface area contributed by atoms with Crippen LogP contribution in [0.5, 0.6) is 0 Å². The fourth-order valence-electron chi connectivity index (χ4n) is 0.698. The molecule has 1 heteroatoms. The monoisotopic (exact) mass is 116 g/mol. The molecule has 0 atom stereocenters. The van der Waals surface area contributed by atoms with E-state index in [0.717, 1.165) is 11.1 Å². The smallest absolute Gasteiger partial charge is 0.0994 e. The number of hydrogen-bond acceptors (Lipinski definition) is 1. The molecule has 1 aromatic rings. The van der Waals surface area contributed by atoms with Gasteiger partial charge in [-0.2, -0.15) is 5.26 Å². The molecule has 44 valence electrons. The van der Waals surface area contributed by atoms with E-state index < -0.39 is 0 Å². The van der Waals surface area contributed by atoms with E-state index in [4.69, 9.17) is 5.26 Å². The third kappa shape index (κ3) is 1.09. The minimum atomic E-state index is 0.762. The second-order valence-corrected chi connectivity index (χ2v) is 1.93. The fourth-order valence-corrected chi connectivity index (χ4v) is 0.698. The van der Waals surface area contributed by atoms with Crippen LogP contribution >= 0.6 is 0 Å². The van der Waals surface area contributed by atoms with E-state index in [1.165, 1.54) is 0 Å². The van der Waals surface area contributed by atoms with Gasteiger partial charge in [-0.1, -0.05) is 18.2 Å². The molecule has 0 aromatic heterocycles. The van der Waals surface area contributed by atoms with E-state index in [1.54, 1.807) is 0 Å². The molecule has 0 fully saturated rings. The van der Waals surface area contributed by atoms with Crippen LogP contribution in [-0.2, 0) is 0 Å². The lowest BCUT2D eigenvalue weighted by atomic mass is 9.96. The number of benzene rings is 1. The van der Waals surface area contributed by atoms with Crippen molar-refractivity contribution in [2.24, 2.45) is 0 Å². The largest absolute Gasteiger partial charge is 0.192 e. The van der Waals surface area contributed by atoms with Crippen molar-refractivity contribution in [3.8, 4) is 6.07 Å². The summed E-state index contributed by atoms with van der Waals surface area (Å²) in [5.74, 6) is 0. The van der Waals surface area contributed by atoms with Gasteiger partial charge >= 0.3 is 0 Å². The molecule has 0 heterocycles. The Morgan fingerprint density at radius 2 is 2.00 bits per heavy atom. The zero-order valence-electron chi connectivity index (χ0n) is 5.26. The summed E-state index contributed by atoms with van der Waals surface area (Å²) in [5.41, 5.74) is 1.80. The fraction of sp³-hybridized carbons (Fsp3) is 0.125. The molecule has 1 rings (SSSR count). The molecule has 0 saturated heterocycles. The van der Waals surface area contributed by atoms with E-state index >= 15 is 0 Å².